The van der Waals surface area contributed by atoms with Gasteiger partial charge in [0.05, 0.1) is 11.7 Å². The smallest absolute Gasteiger partial charge is 0.102 e. The Bertz CT molecular complexity index is 490. The first-order chi connectivity index (χ1) is 8.20. The maximum absolute atomic E-state index is 4.64. The quantitative estimate of drug-likeness (QED) is 0.655. The van der Waals surface area contributed by atoms with Crippen molar-refractivity contribution in [2.45, 2.75) is 19.9 Å². The first-order valence-corrected chi connectivity index (χ1v) is 5.90. The van der Waals surface area contributed by atoms with Gasteiger partial charge in [0.1, 0.15) is 5.84 Å². The van der Waals surface area contributed by atoms with E-state index in [1.807, 2.05) is 37.3 Å². The van der Waals surface area contributed by atoms with Gasteiger partial charge in [0, 0.05) is 7.05 Å². The van der Waals surface area contributed by atoms with Gasteiger partial charge in [0.15, 0.2) is 0 Å². The van der Waals surface area contributed by atoms with Crippen LogP contribution in [0.3, 0.4) is 0 Å². The number of hydrogen-bond donors (Lipinski definition) is 0. The van der Waals surface area contributed by atoms with Crippen molar-refractivity contribution in [2.24, 2.45) is 4.99 Å². The fourth-order valence-corrected chi connectivity index (χ4v) is 1.94. The third kappa shape index (κ3) is 2.47. The van der Waals surface area contributed by atoms with E-state index in [1.165, 1.54) is 5.56 Å². The largest absolute Gasteiger partial charge is 0.356 e. The molecule has 0 fully saturated rings. The Morgan fingerprint density at radius 3 is 2.29 bits per heavy atom. The van der Waals surface area contributed by atoms with Gasteiger partial charge in [-0.3, -0.25) is 0 Å². The van der Waals surface area contributed by atoms with E-state index in [4.69, 9.17) is 0 Å². The summed E-state index contributed by atoms with van der Waals surface area (Å²) in [6.45, 7) is 4.25. The number of rotatable bonds is 0. The number of aliphatic imine (C=N–C) groups is 1. The summed E-state index contributed by atoms with van der Waals surface area (Å²) in [5.74, 6) is 1.06. The molecule has 0 amide bonds. The van der Waals surface area contributed by atoms with E-state index in [9.17, 15) is 0 Å². The molecule has 1 aromatic carbocycles. The van der Waals surface area contributed by atoms with Gasteiger partial charge in [-0.05, 0) is 25.5 Å². The number of fused-ring (bicyclic) bond motifs is 1. The van der Waals surface area contributed by atoms with E-state index in [0.29, 0.717) is 6.04 Å². The fourth-order valence-electron chi connectivity index (χ4n) is 1.94. The van der Waals surface area contributed by atoms with Crippen LogP contribution in [-0.4, -0.2) is 17.8 Å². The maximum atomic E-state index is 4.64. The Balaban J connectivity index is 2.65. The Kier molecular flexibility index (Phi) is 3.43. The SMILES string of the molecule is CC1=Nc2ccccccccc2[C@H](C)N1C. The standard InChI is InChI=1S/C15H18N2/c1-12-14-10-8-6-4-5-7-9-11-15(14)16-13(2)17(12)3/h4-12H,1-3H3/t12-/m0/s1. The summed E-state index contributed by atoms with van der Waals surface area (Å²) in [6, 6.07) is 16.8. The van der Waals surface area contributed by atoms with Crippen molar-refractivity contribution >= 4 is 11.5 Å². The summed E-state index contributed by atoms with van der Waals surface area (Å²) >= 11 is 0. The van der Waals surface area contributed by atoms with Crippen LogP contribution in [0, 0.1) is 0 Å². The highest BCUT2D eigenvalue weighted by molar-refractivity contribution is 5.85. The summed E-state index contributed by atoms with van der Waals surface area (Å²) in [6.07, 6.45) is 0. The normalized spacial score (nSPS) is 17.9. The summed E-state index contributed by atoms with van der Waals surface area (Å²) in [7, 11) is 2.08. The average molecular weight is 226 g/mol. The molecule has 1 aliphatic rings. The van der Waals surface area contributed by atoms with E-state index in [0.717, 1.165) is 11.5 Å². The van der Waals surface area contributed by atoms with Crippen LogP contribution in [0.4, 0.5) is 5.69 Å². The van der Waals surface area contributed by atoms with Gasteiger partial charge < -0.3 is 4.90 Å². The average Bonchev–Trinajstić information content (AvgIpc) is 2.33. The molecule has 0 aliphatic carbocycles. The number of amidine groups is 1. The highest BCUT2D eigenvalue weighted by atomic mass is 15.2. The molecule has 0 saturated heterocycles. The molecule has 0 aromatic heterocycles. The molecule has 88 valence electrons. The van der Waals surface area contributed by atoms with Gasteiger partial charge >= 0.3 is 0 Å². The third-order valence-corrected chi connectivity index (χ3v) is 3.20. The van der Waals surface area contributed by atoms with Gasteiger partial charge in [-0.25, -0.2) is 4.99 Å². The van der Waals surface area contributed by atoms with E-state index < -0.39 is 0 Å². The molecular formula is C15H18N2. The van der Waals surface area contributed by atoms with Crippen molar-refractivity contribution in [3.05, 3.63) is 54.1 Å². The molecule has 2 rings (SSSR count). The van der Waals surface area contributed by atoms with E-state index in [2.05, 4.69) is 42.1 Å². The second kappa shape index (κ2) is 5.00. The number of nitrogens with zero attached hydrogens (tertiary/aromatic N) is 2. The summed E-state index contributed by atoms with van der Waals surface area (Å²) < 4.78 is 0. The summed E-state index contributed by atoms with van der Waals surface area (Å²) in [5, 5.41) is 0. The fraction of sp³-hybridized carbons (Fsp3) is 0.267. The zero-order valence-electron chi connectivity index (χ0n) is 10.6. The van der Waals surface area contributed by atoms with Crippen LogP contribution in [0.5, 0.6) is 0 Å². The zero-order chi connectivity index (χ0) is 12.3. The highest BCUT2D eigenvalue weighted by Crippen LogP contribution is 2.31. The number of hydrogen-bond acceptors (Lipinski definition) is 2. The molecule has 0 bridgehead atoms. The molecule has 1 aromatic rings. The molecular weight excluding hydrogens is 208 g/mol. The lowest BCUT2D eigenvalue weighted by molar-refractivity contribution is 0.394. The molecule has 0 saturated carbocycles. The van der Waals surface area contributed by atoms with Gasteiger partial charge in [0.25, 0.3) is 0 Å². The third-order valence-electron chi connectivity index (χ3n) is 3.20. The Labute approximate surface area is 103 Å². The summed E-state index contributed by atoms with van der Waals surface area (Å²) in [5.41, 5.74) is 2.32. The monoisotopic (exact) mass is 226 g/mol. The van der Waals surface area contributed by atoms with Crippen LogP contribution in [0.2, 0.25) is 0 Å². The second-order valence-corrected chi connectivity index (χ2v) is 4.27. The topological polar surface area (TPSA) is 15.6 Å². The van der Waals surface area contributed by atoms with Gasteiger partial charge in [0.2, 0.25) is 0 Å². The predicted molar refractivity (Wildman–Crippen MR) is 73.0 cm³/mol. The van der Waals surface area contributed by atoms with Gasteiger partial charge in [-0.1, -0.05) is 42.5 Å². The van der Waals surface area contributed by atoms with Crippen LogP contribution in [0.25, 0.3) is 0 Å². The Morgan fingerprint density at radius 2 is 1.59 bits per heavy atom. The minimum absolute atomic E-state index is 0.361. The van der Waals surface area contributed by atoms with E-state index in [-0.39, 0.29) is 0 Å². The van der Waals surface area contributed by atoms with Crippen molar-refractivity contribution < 1.29 is 0 Å². The molecule has 1 heterocycles. The first kappa shape index (κ1) is 11.6. The molecule has 0 spiro atoms. The minimum Gasteiger partial charge on any atom is -0.356 e. The molecule has 2 heteroatoms. The first-order valence-electron chi connectivity index (χ1n) is 5.90. The van der Waals surface area contributed by atoms with E-state index >= 15 is 0 Å². The lowest BCUT2D eigenvalue weighted by Crippen LogP contribution is -2.29. The van der Waals surface area contributed by atoms with Crippen molar-refractivity contribution in [3.8, 4) is 0 Å². The van der Waals surface area contributed by atoms with Crippen LogP contribution in [0.1, 0.15) is 25.5 Å². The lowest BCUT2D eigenvalue weighted by Gasteiger charge is -2.31. The molecule has 0 radical (unpaired) electrons. The highest BCUT2D eigenvalue weighted by Gasteiger charge is 2.19. The zero-order valence-corrected chi connectivity index (χ0v) is 10.6. The second-order valence-electron chi connectivity index (χ2n) is 4.27. The van der Waals surface area contributed by atoms with Crippen LogP contribution in [0.15, 0.2) is 53.5 Å². The van der Waals surface area contributed by atoms with Crippen molar-refractivity contribution in [3.63, 3.8) is 0 Å². The van der Waals surface area contributed by atoms with E-state index in [1.54, 1.807) is 0 Å². The summed E-state index contributed by atoms with van der Waals surface area (Å²) in [4.78, 5) is 6.83. The van der Waals surface area contributed by atoms with Crippen molar-refractivity contribution in [2.75, 3.05) is 7.05 Å². The Morgan fingerprint density at radius 1 is 1.00 bits per heavy atom. The molecule has 17 heavy (non-hydrogen) atoms. The molecule has 0 unspecified atom stereocenters. The van der Waals surface area contributed by atoms with Crippen molar-refractivity contribution in [1.29, 1.82) is 0 Å². The van der Waals surface area contributed by atoms with Crippen molar-refractivity contribution in [1.82, 2.24) is 4.90 Å². The van der Waals surface area contributed by atoms with Gasteiger partial charge in [-0.15, -0.1) is 0 Å². The Hall–Kier alpha value is -1.83. The molecule has 1 atom stereocenters. The predicted octanol–water partition coefficient (Wildman–Crippen LogP) is 3.87. The van der Waals surface area contributed by atoms with Crippen LogP contribution < -0.4 is 0 Å². The molecule has 1 aliphatic heterocycles. The van der Waals surface area contributed by atoms with Gasteiger partial charge in [-0.2, -0.15) is 0 Å². The molecule has 2 nitrogen and oxygen atoms in total. The maximum Gasteiger partial charge on any atom is 0.102 e. The lowest BCUT2D eigenvalue weighted by atomic mass is 10.0. The van der Waals surface area contributed by atoms with Crippen LogP contribution in [-0.2, 0) is 0 Å². The van der Waals surface area contributed by atoms with Crippen LogP contribution >= 0.6 is 0 Å². The molecule has 0 N–H and O–H groups in total. The minimum atomic E-state index is 0.361.